The van der Waals surface area contributed by atoms with Crippen LogP contribution in [0.2, 0.25) is 0 Å². The van der Waals surface area contributed by atoms with Crippen LogP contribution in [0.25, 0.3) is 0 Å². The first-order valence-electron chi connectivity index (χ1n) is 6.19. The van der Waals surface area contributed by atoms with Crippen LogP contribution in [-0.4, -0.2) is 0 Å². The van der Waals surface area contributed by atoms with Gasteiger partial charge in [-0.25, -0.2) is 0 Å². The average Bonchev–Trinajstić information content (AvgIpc) is 2.21. The third-order valence-electron chi connectivity index (χ3n) is 2.50. The molecule has 0 amide bonds. The van der Waals surface area contributed by atoms with E-state index >= 15 is 0 Å². The van der Waals surface area contributed by atoms with Gasteiger partial charge in [0, 0.05) is 0 Å². The van der Waals surface area contributed by atoms with E-state index in [1.165, 1.54) is 57.8 Å². The van der Waals surface area contributed by atoms with Crippen molar-refractivity contribution in [3.8, 4) is 0 Å². The maximum absolute atomic E-state index is 3.65. The summed E-state index contributed by atoms with van der Waals surface area (Å²) in [7, 11) is 0. The van der Waals surface area contributed by atoms with E-state index in [0.29, 0.717) is 0 Å². The lowest BCUT2D eigenvalue weighted by Gasteiger charge is -1.99. The van der Waals surface area contributed by atoms with Crippen molar-refractivity contribution in [2.75, 3.05) is 0 Å². The Kier molecular flexibility index (Phi) is 12.0. The molecule has 0 aliphatic heterocycles. The minimum absolute atomic E-state index is 1.22. The first-order valence-corrected chi connectivity index (χ1v) is 6.19. The van der Waals surface area contributed by atoms with Crippen molar-refractivity contribution in [3.63, 3.8) is 0 Å². The molecule has 0 rings (SSSR count). The molecule has 14 heavy (non-hydrogen) atoms. The second kappa shape index (κ2) is 12.5. The van der Waals surface area contributed by atoms with E-state index in [1.807, 2.05) is 12.2 Å². The first kappa shape index (κ1) is 13.5. The fourth-order valence-corrected chi connectivity index (χ4v) is 1.59. The molecule has 0 bridgehead atoms. The molecule has 0 nitrogen and oxygen atoms in total. The summed E-state index contributed by atoms with van der Waals surface area (Å²) in [6.45, 7) is 5.92. The van der Waals surface area contributed by atoms with Crippen molar-refractivity contribution in [1.29, 1.82) is 0 Å². The van der Waals surface area contributed by atoms with E-state index in [4.69, 9.17) is 0 Å². The predicted molar refractivity (Wildman–Crippen MR) is 66.6 cm³/mol. The van der Waals surface area contributed by atoms with Gasteiger partial charge in [0.25, 0.3) is 0 Å². The lowest BCUT2D eigenvalue weighted by atomic mass is 10.1. The molecule has 0 aromatic carbocycles. The average molecular weight is 194 g/mol. The highest BCUT2D eigenvalue weighted by Crippen LogP contribution is 2.09. The highest BCUT2D eigenvalue weighted by molar-refractivity contribution is 4.96. The first-order chi connectivity index (χ1) is 6.91. The number of hydrogen-bond donors (Lipinski definition) is 0. The molecular formula is C14H26. The van der Waals surface area contributed by atoms with Crippen LogP contribution in [-0.2, 0) is 0 Å². The molecule has 0 heterocycles. The maximum Gasteiger partial charge on any atom is -0.0348 e. The van der Waals surface area contributed by atoms with E-state index < -0.39 is 0 Å². The molecule has 0 saturated carbocycles. The zero-order valence-corrected chi connectivity index (χ0v) is 9.80. The molecular weight excluding hydrogens is 168 g/mol. The highest BCUT2D eigenvalue weighted by atomic mass is 14.0. The fourth-order valence-electron chi connectivity index (χ4n) is 1.59. The Bertz CT molecular complexity index is 133. The molecule has 0 aliphatic rings. The summed E-state index contributed by atoms with van der Waals surface area (Å²) in [5, 5.41) is 0. The monoisotopic (exact) mass is 194 g/mol. The fraction of sp³-hybridized carbons (Fsp3) is 0.714. The lowest BCUT2D eigenvalue weighted by Crippen LogP contribution is -1.79. The molecule has 0 unspecified atom stereocenters. The summed E-state index contributed by atoms with van der Waals surface area (Å²) in [4.78, 5) is 0. The number of allylic oxidation sites excluding steroid dienone is 3. The van der Waals surface area contributed by atoms with Gasteiger partial charge in [0.1, 0.15) is 0 Å². The zero-order chi connectivity index (χ0) is 10.5. The second-order valence-electron chi connectivity index (χ2n) is 3.93. The standard InChI is InChI=1S/C14H26/c1-3-5-7-9-11-13-14-12-10-8-6-4-2/h3,5,7H,1,4,6,8-14H2,2H3/b7-5-. The van der Waals surface area contributed by atoms with Gasteiger partial charge in [-0.1, -0.05) is 76.7 Å². The third-order valence-corrected chi connectivity index (χ3v) is 2.50. The summed E-state index contributed by atoms with van der Waals surface area (Å²) < 4.78 is 0. The quantitative estimate of drug-likeness (QED) is 0.329. The number of rotatable bonds is 10. The van der Waals surface area contributed by atoms with Crippen LogP contribution in [0.15, 0.2) is 24.8 Å². The van der Waals surface area contributed by atoms with E-state index in [9.17, 15) is 0 Å². The molecule has 0 radical (unpaired) electrons. The zero-order valence-electron chi connectivity index (χ0n) is 9.80. The second-order valence-corrected chi connectivity index (χ2v) is 3.93. The smallest absolute Gasteiger partial charge is 0.0348 e. The Morgan fingerprint density at radius 1 is 0.857 bits per heavy atom. The van der Waals surface area contributed by atoms with E-state index in [-0.39, 0.29) is 0 Å². The van der Waals surface area contributed by atoms with Gasteiger partial charge in [-0.05, 0) is 12.8 Å². The lowest BCUT2D eigenvalue weighted by molar-refractivity contribution is 0.577. The van der Waals surface area contributed by atoms with E-state index in [1.54, 1.807) is 0 Å². The molecule has 0 N–H and O–H groups in total. The Hall–Kier alpha value is -0.520. The molecule has 0 spiro atoms. The van der Waals surface area contributed by atoms with Crippen LogP contribution >= 0.6 is 0 Å². The summed E-state index contributed by atoms with van der Waals surface area (Å²) in [6.07, 6.45) is 18.6. The molecule has 0 saturated heterocycles. The Morgan fingerprint density at radius 3 is 2.00 bits per heavy atom. The van der Waals surface area contributed by atoms with Gasteiger partial charge in [-0.2, -0.15) is 0 Å². The van der Waals surface area contributed by atoms with Gasteiger partial charge in [-0.3, -0.25) is 0 Å². The topological polar surface area (TPSA) is 0 Å². The van der Waals surface area contributed by atoms with Crippen LogP contribution in [0.5, 0.6) is 0 Å². The SMILES string of the molecule is C=C/C=C\CCCCCCCCCC. The highest BCUT2D eigenvalue weighted by Gasteiger charge is 1.89. The van der Waals surface area contributed by atoms with Crippen molar-refractivity contribution in [3.05, 3.63) is 24.8 Å². The summed E-state index contributed by atoms with van der Waals surface area (Å²) in [5.41, 5.74) is 0. The summed E-state index contributed by atoms with van der Waals surface area (Å²) >= 11 is 0. The molecule has 0 aromatic rings. The van der Waals surface area contributed by atoms with Crippen molar-refractivity contribution >= 4 is 0 Å². The summed E-state index contributed by atoms with van der Waals surface area (Å²) in [6, 6.07) is 0. The van der Waals surface area contributed by atoms with Gasteiger partial charge in [-0.15, -0.1) is 0 Å². The van der Waals surface area contributed by atoms with Gasteiger partial charge in [0.2, 0.25) is 0 Å². The summed E-state index contributed by atoms with van der Waals surface area (Å²) in [5.74, 6) is 0. The number of hydrogen-bond acceptors (Lipinski definition) is 0. The van der Waals surface area contributed by atoms with Crippen LogP contribution in [0.4, 0.5) is 0 Å². The van der Waals surface area contributed by atoms with Crippen LogP contribution in [0.3, 0.4) is 0 Å². The van der Waals surface area contributed by atoms with Gasteiger partial charge >= 0.3 is 0 Å². The third kappa shape index (κ3) is 11.5. The van der Waals surface area contributed by atoms with Crippen molar-refractivity contribution < 1.29 is 0 Å². The normalized spacial score (nSPS) is 10.9. The van der Waals surface area contributed by atoms with Crippen molar-refractivity contribution in [2.45, 2.75) is 64.7 Å². The van der Waals surface area contributed by atoms with E-state index in [0.717, 1.165) is 0 Å². The number of unbranched alkanes of at least 4 members (excludes halogenated alkanes) is 8. The molecule has 0 aliphatic carbocycles. The maximum atomic E-state index is 3.65. The van der Waals surface area contributed by atoms with Crippen LogP contribution in [0, 0.1) is 0 Å². The van der Waals surface area contributed by atoms with Crippen LogP contribution in [0.1, 0.15) is 64.7 Å². The Morgan fingerprint density at radius 2 is 1.43 bits per heavy atom. The molecule has 0 heteroatoms. The van der Waals surface area contributed by atoms with Crippen molar-refractivity contribution in [1.82, 2.24) is 0 Å². The molecule has 0 atom stereocenters. The van der Waals surface area contributed by atoms with Gasteiger partial charge in [0.15, 0.2) is 0 Å². The van der Waals surface area contributed by atoms with Gasteiger partial charge < -0.3 is 0 Å². The van der Waals surface area contributed by atoms with Crippen molar-refractivity contribution in [2.24, 2.45) is 0 Å². The van der Waals surface area contributed by atoms with Gasteiger partial charge in [0.05, 0.1) is 0 Å². The molecule has 0 aromatic heterocycles. The Labute approximate surface area is 90.1 Å². The van der Waals surface area contributed by atoms with E-state index in [2.05, 4.69) is 19.6 Å². The minimum atomic E-state index is 1.22. The molecule has 0 fully saturated rings. The van der Waals surface area contributed by atoms with Crippen LogP contribution < -0.4 is 0 Å². The molecule has 82 valence electrons. The Balaban J connectivity index is 2.91. The minimum Gasteiger partial charge on any atom is -0.0991 e. The largest absolute Gasteiger partial charge is 0.0991 e. The predicted octanol–water partition coefficient (Wildman–Crippen LogP) is 5.26.